The summed E-state index contributed by atoms with van der Waals surface area (Å²) in [6, 6.07) is 10.2. The highest BCUT2D eigenvalue weighted by Crippen LogP contribution is 2.24. The van der Waals surface area contributed by atoms with Crippen molar-refractivity contribution in [2.24, 2.45) is 0 Å². The zero-order chi connectivity index (χ0) is 20.3. The van der Waals surface area contributed by atoms with E-state index in [9.17, 15) is 13.2 Å². The van der Waals surface area contributed by atoms with Crippen LogP contribution < -0.4 is 10.1 Å². The van der Waals surface area contributed by atoms with Crippen molar-refractivity contribution in [3.05, 3.63) is 53.1 Å². The number of sulfonamides is 1. The van der Waals surface area contributed by atoms with E-state index in [0.29, 0.717) is 18.8 Å². The minimum Gasteiger partial charge on any atom is -0.484 e. The minimum absolute atomic E-state index is 0.148. The van der Waals surface area contributed by atoms with Crippen LogP contribution in [0.1, 0.15) is 29.5 Å². The van der Waals surface area contributed by atoms with Crippen LogP contribution in [0.15, 0.2) is 41.3 Å². The average molecular weight is 403 g/mol. The van der Waals surface area contributed by atoms with E-state index in [1.165, 1.54) is 16.4 Å². The Kier molecular flexibility index (Phi) is 6.05. The predicted molar refractivity (Wildman–Crippen MR) is 109 cm³/mol. The van der Waals surface area contributed by atoms with Gasteiger partial charge in [-0.05, 0) is 69.0 Å². The molecule has 2 aromatic carbocycles. The summed E-state index contributed by atoms with van der Waals surface area (Å²) in [7, 11) is -3.44. The van der Waals surface area contributed by atoms with E-state index in [1.54, 1.807) is 12.1 Å². The lowest BCUT2D eigenvalue weighted by molar-refractivity contribution is -0.118. The van der Waals surface area contributed by atoms with E-state index in [1.807, 2.05) is 32.9 Å². The Bertz CT molecular complexity index is 939. The van der Waals surface area contributed by atoms with Gasteiger partial charge >= 0.3 is 0 Å². The van der Waals surface area contributed by atoms with Crippen LogP contribution in [0.2, 0.25) is 0 Å². The summed E-state index contributed by atoms with van der Waals surface area (Å²) in [6.07, 6.45) is 1.80. The van der Waals surface area contributed by atoms with Gasteiger partial charge in [0, 0.05) is 18.8 Å². The van der Waals surface area contributed by atoms with Crippen LogP contribution in [-0.2, 0) is 14.8 Å². The molecule has 3 rings (SSSR count). The monoisotopic (exact) mass is 402 g/mol. The summed E-state index contributed by atoms with van der Waals surface area (Å²) in [5.41, 5.74) is 3.95. The van der Waals surface area contributed by atoms with Crippen molar-refractivity contribution in [3.63, 3.8) is 0 Å². The molecule has 1 aliphatic heterocycles. The lowest BCUT2D eigenvalue weighted by Gasteiger charge is -2.16. The molecule has 1 N–H and O–H groups in total. The molecule has 0 aliphatic carbocycles. The van der Waals surface area contributed by atoms with Gasteiger partial charge in [0.05, 0.1) is 4.90 Å². The molecule has 0 radical (unpaired) electrons. The second-order valence-corrected chi connectivity index (χ2v) is 9.13. The van der Waals surface area contributed by atoms with Crippen LogP contribution in [0, 0.1) is 20.8 Å². The summed E-state index contributed by atoms with van der Waals surface area (Å²) >= 11 is 0. The number of hydrogen-bond acceptors (Lipinski definition) is 4. The summed E-state index contributed by atoms with van der Waals surface area (Å²) in [4.78, 5) is 12.5. The number of nitrogens with one attached hydrogen (secondary N) is 1. The third kappa shape index (κ3) is 4.54. The molecule has 28 heavy (non-hydrogen) atoms. The van der Waals surface area contributed by atoms with Crippen LogP contribution in [0.25, 0.3) is 0 Å². The number of amides is 1. The highest BCUT2D eigenvalue weighted by atomic mass is 32.2. The first-order valence-corrected chi connectivity index (χ1v) is 10.8. The van der Waals surface area contributed by atoms with E-state index in [4.69, 9.17) is 4.74 Å². The molecule has 1 saturated heterocycles. The predicted octanol–water partition coefficient (Wildman–Crippen LogP) is 3.41. The molecular formula is C21H26N2O4S. The fourth-order valence-electron chi connectivity index (χ4n) is 3.49. The number of anilines is 1. The average Bonchev–Trinajstić information content (AvgIpc) is 3.19. The smallest absolute Gasteiger partial charge is 0.262 e. The van der Waals surface area contributed by atoms with Gasteiger partial charge in [0.15, 0.2) is 6.61 Å². The van der Waals surface area contributed by atoms with Crippen molar-refractivity contribution < 1.29 is 17.9 Å². The topological polar surface area (TPSA) is 75.7 Å². The van der Waals surface area contributed by atoms with Crippen molar-refractivity contribution >= 4 is 21.6 Å². The fourth-order valence-corrected chi connectivity index (χ4v) is 5.00. The van der Waals surface area contributed by atoms with Crippen molar-refractivity contribution in [3.8, 4) is 5.75 Å². The first-order valence-electron chi connectivity index (χ1n) is 9.38. The summed E-state index contributed by atoms with van der Waals surface area (Å²) in [5.74, 6) is 0.191. The van der Waals surface area contributed by atoms with Gasteiger partial charge in [0.2, 0.25) is 10.0 Å². The van der Waals surface area contributed by atoms with E-state index in [2.05, 4.69) is 5.32 Å². The molecule has 2 aromatic rings. The molecule has 1 amide bonds. The molecule has 1 aliphatic rings. The Morgan fingerprint density at radius 2 is 1.61 bits per heavy atom. The maximum atomic E-state index is 12.5. The number of rotatable bonds is 6. The molecular weight excluding hydrogens is 376 g/mol. The molecule has 1 fully saturated rings. The number of aryl methyl sites for hydroxylation is 3. The summed E-state index contributed by atoms with van der Waals surface area (Å²) in [5, 5.41) is 2.88. The van der Waals surface area contributed by atoms with Crippen LogP contribution >= 0.6 is 0 Å². The molecule has 150 valence electrons. The molecule has 0 atom stereocenters. The highest BCUT2D eigenvalue weighted by molar-refractivity contribution is 7.89. The van der Waals surface area contributed by atoms with Gasteiger partial charge in [-0.2, -0.15) is 4.31 Å². The Hall–Kier alpha value is -2.38. The molecule has 1 heterocycles. The molecule has 7 heteroatoms. The molecule has 0 unspecified atom stereocenters. The van der Waals surface area contributed by atoms with Gasteiger partial charge in [-0.25, -0.2) is 8.42 Å². The van der Waals surface area contributed by atoms with Gasteiger partial charge in [0.25, 0.3) is 5.91 Å². The SMILES string of the molecule is Cc1cc(C)c(NC(=O)COc2ccc(S(=O)(=O)N3CCCC3)cc2)c(C)c1. The van der Waals surface area contributed by atoms with E-state index >= 15 is 0 Å². The third-order valence-corrected chi connectivity index (χ3v) is 6.75. The summed E-state index contributed by atoms with van der Waals surface area (Å²) in [6.45, 7) is 6.91. The zero-order valence-electron chi connectivity index (χ0n) is 16.5. The highest BCUT2D eigenvalue weighted by Gasteiger charge is 2.26. The van der Waals surface area contributed by atoms with E-state index < -0.39 is 10.0 Å². The van der Waals surface area contributed by atoms with Crippen molar-refractivity contribution in [1.82, 2.24) is 4.31 Å². The van der Waals surface area contributed by atoms with E-state index in [0.717, 1.165) is 35.2 Å². The second-order valence-electron chi connectivity index (χ2n) is 7.19. The Labute approximate surface area is 166 Å². The number of hydrogen-bond donors (Lipinski definition) is 1. The second kappa shape index (κ2) is 8.32. The zero-order valence-corrected chi connectivity index (χ0v) is 17.3. The standard InChI is InChI=1S/C21H26N2O4S/c1-15-12-16(2)21(17(3)13-15)22-20(24)14-27-18-6-8-19(9-7-18)28(25,26)23-10-4-5-11-23/h6-9,12-13H,4-5,10-11,14H2,1-3H3,(H,22,24). The first kappa shape index (κ1) is 20.4. The van der Waals surface area contributed by atoms with Crippen LogP contribution in [-0.4, -0.2) is 38.3 Å². The van der Waals surface area contributed by atoms with Crippen molar-refractivity contribution in [2.45, 2.75) is 38.5 Å². The lowest BCUT2D eigenvalue weighted by Crippen LogP contribution is -2.27. The van der Waals surface area contributed by atoms with Crippen LogP contribution in [0.5, 0.6) is 5.75 Å². The number of carbonyl (C=O) groups is 1. The van der Waals surface area contributed by atoms with Crippen LogP contribution in [0.3, 0.4) is 0 Å². The quantitative estimate of drug-likeness (QED) is 0.803. The molecule has 0 saturated carbocycles. The Morgan fingerprint density at radius 3 is 2.18 bits per heavy atom. The third-order valence-electron chi connectivity index (χ3n) is 4.84. The number of benzene rings is 2. The normalized spacial score (nSPS) is 14.8. The van der Waals surface area contributed by atoms with Crippen molar-refractivity contribution in [1.29, 1.82) is 0 Å². The maximum absolute atomic E-state index is 12.5. The van der Waals surface area contributed by atoms with Gasteiger partial charge in [-0.1, -0.05) is 17.7 Å². The number of ether oxygens (including phenoxy) is 1. The van der Waals surface area contributed by atoms with Gasteiger partial charge in [-0.15, -0.1) is 0 Å². The molecule has 0 bridgehead atoms. The molecule has 0 spiro atoms. The molecule has 6 nitrogen and oxygen atoms in total. The van der Waals surface area contributed by atoms with Gasteiger partial charge in [-0.3, -0.25) is 4.79 Å². The lowest BCUT2D eigenvalue weighted by atomic mass is 10.1. The number of nitrogens with zero attached hydrogens (tertiary/aromatic N) is 1. The van der Waals surface area contributed by atoms with E-state index in [-0.39, 0.29) is 17.4 Å². The largest absolute Gasteiger partial charge is 0.484 e. The number of carbonyl (C=O) groups excluding carboxylic acids is 1. The first-order chi connectivity index (χ1) is 13.3. The van der Waals surface area contributed by atoms with Crippen molar-refractivity contribution in [2.75, 3.05) is 25.0 Å². The van der Waals surface area contributed by atoms with Gasteiger partial charge in [0.1, 0.15) is 5.75 Å². The Balaban J connectivity index is 1.60. The summed E-state index contributed by atoms with van der Waals surface area (Å²) < 4.78 is 32.1. The fraction of sp³-hybridized carbons (Fsp3) is 0.381. The van der Waals surface area contributed by atoms with Gasteiger partial charge < -0.3 is 10.1 Å². The van der Waals surface area contributed by atoms with Crippen LogP contribution in [0.4, 0.5) is 5.69 Å². The maximum Gasteiger partial charge on any atom is 0.262 e. The molecule has 0 aromatic heterocycles. The minimum atomic E-state index is -3.44. The Morgan fingerprint density at radius 1 is 1.04 bits per heavy atom.